The van der Waals surface area contributed by atoms with Crippen LogP contribution in [0.15, 0.2) is 22.7 Å². The molecule has 2 rings (SSSR count). The van der Waals surface area contributed by atoms with Crippen molar-refractivity contribution in [2.75, 3.05) is 6.54 Å². The lowest BCUT2D eigenvalue weighted by Crippen LogP contribution is -2.36. The second-order valence-corrected chi connectivity index (χ2v) is 6.08. The third-order valence-corrected chi connectivity index (χ3v) is 2.86. The van der Waals surface area contributed by atoms with Gasteiger partial charge in [-0.15, -0.1) is 10.2 Å². The van der Waals surface area contributed by atoms with Crippen LogP contribution in [0.2, 0.25) is 5.02 Å². The monoisotopic (exact) mass is 294 g/mol. The number of rotatable bonds is 5. The normalized spacial score (nSPS) is 11.8. The van der Waals surface area contributed by atoms with Crippen molar-refractivity contribution >= 4 is 11.6 Å². The summed E-state index contributed by atoms with van der Waals surface area (Å²) in [5.74, 6) is 1.06. The van der Waals surface area contributed by atoms with Crippen LogP contribution in [0, 0.1) is 0 Å². The van der Waals surface area contributed by atoms with Crippen molar-refractivity contribution in [1.82, 2.24) is 20.5 Å². The number of aryl methyl sites for hydroxylation is 1. The average molecular weight is 295 g/mol. The molecule has 0 bridgehead atoms. The smallest absolute Gasteiger partial charge is 0.266 e. The molecule has 2 heterocycles. The minimum atomic E-state index is 0.132. The van der Waals surface area contributed by atoms with Gasteiger partial charge in [-0.05, 0) is 45.9 Å². The minimum Gasteiger partial charge on any atom is -0.419 e. The Morgan fingerprint density at radius 3 is 2.70 bits per heavy atom. The van der Waals surface area contributed by atoms with Gasteiger partial charge in [0, 0.05) is 18.2 Å². The SMILES string of the molecule is CC(C)(C)NCCCc1nnc(-c2ccc(Cl)cn2)o1. The topological polar surface area (TPSA) is 63.8 Å². The molecule has 0 unspecified atom stereocenters. The summed E-state index contributed by atoms with van der Waals surface area (Å²) in [5, 5.41) is 12.0. The lowest BCUT2D eigenvalue weighted by Gasteiger charge is -2.19. The zero-order valence-electron chi connectivity index (χ0n) is 12.0. The summed E-state index contributed by atoms with van der Waals surface area (Å²) in [6.45, 7) is 7.35. The number of hydrogen-bond acceptors (Lipinski definition) is 5. The lowest BCUT2D eigenvalue weighted by molar-refractivity contribution is 0.412. The molecule has 5 nitrogen and oxygen atoms in total. The van der Waals surface area contributed by atoms with E-state index in [-0.39, 0.29) is 5.54 Å². The quantitative estimate of drug-likeness (QED) is 0.859. The van der Waals surface area contributed by atoms with Gasteiger partial charge in [0.2, 0.25) is 5.89 Å². The van der Waals surface area contributed by atoms with E-state index in [0.29, 0.717) is 22.5 Å². The van der Waals surface area contributed by atoms with Crippen LogP contribution in [0.25, 0.3) is 11.6 Å². The van der Waals surface area contributed by atoms with Gasteiger partial charge in [0.05, 0.1) is 5.02 Å². The third-order valence-electron chi connectivity index (χ3n) is 2.64. The van der Waals surface area contributed by atoms with Gasteiger partial charge in [0.25, 0.3) is 5.89 Å². The average Bonchev–Trinajstić information content (AvgIpc) is 2.83. The first-order valence-corrected chi connectivity index (χ1v) is 7.01. The fraction of sp³-hybridized carbons (Fsp3) is 0.500. The molecule has 2 aromatic rings. The van der Waals surface area contributed by atoms with Crippen LogP contribution < -0.4 is 5.32 Å². The molecule has 108 valence electrons. The van der Waals surface area contributed by atoms with Crippen molar-refractivity contribution in [2.45, 2.75) is 39.2 Å². The molecule has 0 aliphatic carbocycles. The Kier molecular flexibility index (Phi) is 4.73. The van der Waals surface area contributed by atoms with Gasteiger partial charge in [-0.1, -0.05) is 11.6 Å². The zero-order valence-corrected chi connectivity index (χ0v) is 12.7. The number of halogens is 1. The Hall–Kier alpha value is -1.46. The second-order valence-electron chi connectivity index (χ2n) is 5.64. The Balaban J connectivity index is 1.88. The summed E-state index contributed by atoms with van der Waals surface area (Å²) in [4.78, 5) is 4.15. The molecule has 0 saturated carbocycles. The van der Waals surface area contributed by atoms with E-state index in [0.717, 1.165) is 19.4 Å². The van der Waals surface area contributed by atoms with Crippen LogP contribution in [0.3, 0.4) is 0 Å². The van der Waals surface area contributed by atoms with Gasteiger partial charge in [0.1, 0.15) is 5.69 Å². The van der Waals surface area contributed by atoms with Crippen molar-refractivity contribution in [2.24, 2.45) is 0 Å². The van der Waals surface area contributed by atoms with E-state index in [1.165, 1.54) is 0 Å². The fourth-order valence-electron chi connectivity index (χ4n) is 1.66. The summed E-state index contributed by atoms with van der Waals surface area (Å²) in [6.07, 6.45) is 3.27. The number of hydrogen-bond donors (Lipinski definition) is 1. The van der Waals surface area contributed by atoms with E-state index in [2.05, 4.69) is 41.3 Å². The molecule has 0 aromatic carbocycles. The Labute approximate surface area is 123 Å². The molecule has 20 heavy (non-hydrogen) atoms. The highest BCUT2D eigenvalue weighted by molar-refractivity contribution is 6.30. The molecule has 0 atom stereocenters. The first-order chi connectivity index (χ1) is 9.44. The summed E-state index contributed by atoms with van der Waals surface area (Å²) in [7, 11) is 0. The van der Waals surface area contributed by atoms with Crippen molar-refractivity contribution in [1.29, 1.82) is 0 Å². The third kappa shape index (κ3) is 4.58. The van der Waals surface area contributed by atoms with E-state index in [9.17, 15) is 0 Å². The largest absolute Gasteiger partial charge is 0.419 e. The Bertz CT molecular complexity index is 545. The molecule has 6 heteroatoms. The maximum absolute atomic E-state index is 5.79. The first-order valence-electron chi connectivity index (χ1n) is 6.63. The van der Waals surface area contributed by atoms with Gasteiger partial charge in [-0.3, -0.25) is 0 Å². The molecule has 0 radical (unpaired) electrons. The Morgan fingerprint density at radius 1 is 1.25 bits per heavy atom. The number of nitrogens with one attached hydrogen (secondary N) is 1. The first kappa shape index (κ1) is 14.9. The molecule has 0 spiro atoms. The summed E-state index contributed by atoms with van der Waals surface area (Å²) < 4.78 is 5.59. The zero-order chi connectivity index (χ0) is 14.6. The van der Waals surface area contributed by atoms with E-state index in [1.807, 2.05) is 0 Å². The molecular formula is C14H19ClN4O. The Morgan fingerprint density at radius 2 is 2.05 bits per heavy atom. The summed E-state index contributed by atoms with van der Waals surface area (Å²) in [6, 6.07) is 3.52. The van der Waals surface area contributed by atoms with E-state index in [4.69, 9.17) is 16.0 Å². The lowest BCUT2D eigenvalue weighted by atomic mass is 10.1. The van der Waals surface area contributed by atoms with Crippen LogP contribution in [0.1, 0.15) is 33.1 Å². The molecule has 1 N–H and O–H groups in total. The number of nitrogens with zero attached hydrogens (tertiary/aromatic N) is 3. The van der Waals surface area contributed by atoms with Crippen LogP contribution in [0.5, 0.6) is 0 Å². The molecule has 0 saturated heterocycles. The minimum absolute atomic E-state index is 0.132. The molecule has 0 aliphatic heterocycles. The molecule has 0 aliphatic rings. The molecule has 2 aromatic heterocycles. The van der Waals surface area contributed by atoms with Gasteiger partial charge < -0.3 is 9.73 Å². The van der Waals surface area contributed by atoms with Gasteiger partial charge in [0.15, 0.2) is 0 Å². The second kappa shape index (κ2) is 6.33. The molecular weight excluding hydrogens is 276 g/mol. The van der Waals surface area contributed by atoms with Crippen molar-refractivity contribution in [3.05, 3.63) is 29.2 Å². The highest BCUT2D eigenvalue weighted by atomic mass is 35.5. The van der Waals surface area contributed by atoms with Gasteiger partial charge in [-0.25, -0.2) is 4.98 Å². The van der Waals surface area contributed by atoms with Gasteiger partial charge >= 0.3 is 0 Å². The van der Waals surface area contributed by atoms with E-state index < -0.39 is 0 Å². The maximum atomic E-state index is 5.79. The van der Waals surface area contributed by atoms with Crippen molar-refractivity contribution in [3.8, 4) is 11.6 Å². The number of aromatic nitrogens is 3. The van der Waals surface area contributed by atoms with E-state index in [1.54, 1.807) is 18.3 Å². The predicted molar refractivity (Wildman–Crippen MR) is 78.6 cm³/mol. The summed E-state index contributed by atoms with van der Waals surface area (Å²) in [5.41, 5.74) is 0.772. The van der Waals surface area contributed by atoms with Crippen LogP contribution in [-0.4, -0.2) is 27.3 Å². The number of pyridine rings is 1. The highest BCUT2D eigenvalue weighted by Gasteiger charge is 2.11. The molecule has 0 amide bonds. The highest BCUT2D eigenvalue weighted by Crippen LogP contribution is 2.17. The predicted octanol–water partition coefficient (Wildman–Crippen LogP) is 3.11. The standard InChI is InChI=1S/C14H19ClN4O/c1-14(2,3)17-8-4-5-12-18-19-13(20-12)11-7-6-10(15)9-16-11/h6-7,9,17H,4-5,8H2,1-3H3. The fourth-order valence-corrected chi connectivity index (χ4v) is 1.78. The molecule has 0 fully saturated rings. The van der Waals surface area contributed by atoms with Crippen molar-refractivity contribution < 1.29 is 4.42 Å². The van der Waals surface area contributed by atoms with E-state index >= 15 is 0 Å². The van der Waals surface area contributed by atoms with Crippen LogP contribution in [0.4, 0.5) is 0 Å². The summed E-state index contributed by atoms with van der Waals surface area (Å²) >= 11 is 5.79. The van der Waals surface area contributed by atoms with Crippen molar-refractivity contribution in [3.63, 3.8) is 0 Å². The van der Waals surface area contributed by atoms with Crippen LogP contribution in [-0.2, 0) is 6.42 Å². The maximum Gasteiger partial charge on any atom is 0.266 e. The van der Waals surface area contributed by atoms with Gasteiger partial charge in [-0.2, -0.15) is 0 Å². The van der Waals surface area contributed by atoms with Crippen LogP contribution >= 0.6 is 11.6 Å².